The number of benzene rings is 5. The van der Waals surface area contributed by atoms with Crippen molar-refractivity contribution in [1.82, 2.24) is 4.90 Å². The molecule has 5 aromatic rings. The van der Waals surface area contributed by atoms with Crippen LogP contribution >= 0.6 is 23.2 Å². The Morgan fingerprint density at radius 1 is 0.769 bits per heavy atom. The van der Waals surface area contributed by atoms with Crippen LogP contribution in [0, 0.1) is 0 Å². The SMILES string of the molecule is COc1ccc(C[C@H]2c3cc(OC)c(OC)cc3CCN2C(=O)c2cc(Cl)ccc2NS(=O)(=O)c2ccc(Oc3ccccc3Cl)cc2)cc1OC. The largest absolute Gasteiger partial charge is 0.493 e. The second kappa shape index (κ2) is 15.6. The van der Waals surface area contributed by atoms with Crippen molar-refractivity contribution in [3.8, 4) is 34.5 Å². The highest BCUT2D eigenvalue weighted by atomic mass is 35.5. The van der Waals surface area contributed by atoms with E-state index in [0.29, 0.717) is 58.9 Å². The minimum atomic E-state index is -4.15. The van der Waals surface area contributed by atoms with E-state index in [4.69, 9.17) is 46.9 Å². The van der Waals surface area contributed by atoms with Gasteiger partial charge < -0.3 is 28.6 Å². The fourth-order valence-electron chi connectivity index (χ4n) is 6.20. The van der Waals surface area contributed by atoms with Crippen molar-refractivity contribution in [2.45, 2.75) is 23.8 Å². The lowest BCUT2D eigenvalue weighted by molar-refractivity contribution is 0.0660. The van der Waals surface area contributed by atoms with Crippen LogP contribution in [0.25, 0.3) is 0 Å². The van der Waals surface area contributed by atoms with Gasteiger partial charge in [-0.25, -0.2) is 8.42 Å². The van der Waals surface area contributed by atoms with Gasteiger partial charge in [0.15, 0.2) is 23.0 Å². The van der Waals surface area contributed by atoms with Crippen molar-refractivity contribution >= 4 is 44.8 Å². The Bertz CT molecular complexity index is 2210. The van der Waals surface area contributed by atoms with Crippen LogP contribution < -0.4 is 28.4 Å². The summed E-state index contributed by atoms with van der Waals surface area (Å²) < 4.78 is 58.0. The summed E-state index contributed by atoms with van der Waals surface area (Å²) in [5.74, 6) is 2.66. The highest BCUT2D eigenvalue weighted by molar-refractivity contribution is 7.92. The number of carbonyl (C=O) groups excluding carboxylic acids is 1. The first-order chi connectivity index (χ1) is 25.0. The number of para-hydroxylation sites is 1. The number of methoxy groups -OCH3 is 4. The molecule has 6 rings (SSSR count). The zero-order chi connectivity index (χ0) is 37.0. The zero-order valence-corrected chi connectivity index (χ0v) is 31.1. The van der Waals surface area contributed by atoms with Gasteiger partial charge in [0, 0.05) is 11.6 Å². The van der Waals surface area contributed by atoms with Crippen LogP contribution in [0.2, 0.25) is 10.0 Å². The van der Waals surface area contributed by atoms with Crippen LogP contribution in [0.4, 0.5) is 5.69 Å². The number of rotatable bonds is 12. The second-order valence-corrected chi connectivity index (χ2v) is 14.4. The van der Waals surface area contributed by atoms with Gasteiger partial charge in [0.05, 0.1) is 55.6 Å². The molecule has 0 fully saturated rings. The number of nitrogens with zero attached hydrogens (tertiary/aromatic N) is 1. The molecule has 1 N–H and O–H groups in total. The summed E-state index contributed by atoms with van der Waals surface area (Å²) in [5.41, 5.74) is 2.93. The van der Waals surface area contributed by atoms with Crippen molar-refractivity contribution < 1.29 is 36.9 Å². The van der Waals surface area contributed by atoms with E-state index in [1.54, 1.807) is 57.6 Å². The zero-order valence-electron chi connectivity index (χ0n) is 28.8. The predicted octanol–water partition coefficient (Wildman–Crippen LogP) is 8.60. The lowest BCUT2D eigenvalue weighted by Gasteiger charge is -2.38. The summed E-state index contributed by atoms with van der Waals surface area (Å²) in [7, 11) is 2.11. The van der Waals surface area contributed by atoms with Gasteiger partial charge in [0.25, 0.3) is 15.9 Å². The maximum absolute atomic E-state index is 14.7. The van der Waals surface area contributed by atoms with Crippen LogP contribution in [0.1, 0.15) is 33.1 Å². The monoisotopic (exact) mass is 762 g/mol. The Kier molecular flexibility index (Phi) is 11.0. The molecule has 10 nitrogen and oxygen atoms in total. The number of hydrogen-bond donors (Lipinski definition) is 1. The van der Waals surface area contributed by atoms with Crippen molar-refractivity contribution in [2.75, 3.05) is 39.7 Å². The topological polar surface area (TPSA) is 113 Å². The molecule has 0 bridgehead atoms. The van der Waals surface area contributed by atoms with Gasteiger partial charge in [-0.05, 0) is 108 Å². The fraction of sp³-hybridized carbons (Fsp3) is 0.205. The minimum absolute atomic E-state index is 0.0355. The average Bonchev–Trinajstić information content (AvgIpc) is 3.15. The van der Waals surface area contributed by atoms with Crippen molar-refractivity contribution in [1.29, 1.82) is 0 Å². The van der Waals surface area contributed by atoms with Gasteiger partial charge in [-0.3, -0.25) is 9.52 Å². The summed E-state index contributed by atoms with van der Waals surface area (Å²) in [6.45, 7) is 0.338. The molecule has 0 saturated heterocycles. The molecule has 0 saturated carbocycles. The third kappa shape index (κ3) is 7.72. The number of amides is 1. The Morgan fingerprint density at radius 3 is 2.13 bits per heavy atom. The van der Waals surface area contributed by atoms with E-state index in [2.05, 4.69) is 4.72 Å². The normalized spacial score (nSPS) is 13.9. The molecule has 1 amide bonds. The molecule has 1 aliphatic rings. The predicted molar refractivity (Wildman–Crippen MR) is 201 cm³/mol. The summed E-state index contributed by atoms with van der Waals surface area (Å²) >= 11 is 12.6. The highest BCUT2D eigenvalue weighted by Gasteiger charge is 2.34. The van der Waals surface area contributed by atoms with Crippen LogP contribution in [-0.4, -0.2) is 54.2 Å². The lowest BCUT2D eigenvalue weighted by Crippen LogP contribution is -2.41. The molecule has 0 spiro atoms. The third-order valence-corrected chi connectivity index (χ3v) is 10.7. The van der Waals surface area contributed by atoms with E-state index < -0.39 is 22.0 Å². The first-order valence-electron chi connectivity index (χ1n) is 16.2. The molecule has 0 unspecified atom stereocenters. The van der Waals surface area contributed by atoms with E-state index in [1.807, 2.05) is 30.3 Å². The summed E-state index contributed by atoms with van der Waals surface area (Å²) in [4.78, 5) is 16.4. The molecule has 5 aromatic carbocycles. The van der Waals surface area contributed by atoms with Gasteiger partial charge >= 0.3 is 0 Å². The third-order valence-electron chi connectivity index (χ3n) is 8.80. The first-order valence-corrected chi connectivity index (χ1v) is 18.4. The van der Waals surface area contributed by atoms with Crippen LogP contribution in [0.3, 0.4) is 0 Å². The molecule has 0 aliphatic carbocycles. The minimum Gasteiger partial charge on any atom is -0.493 e. The standard InChI is InChI=1S/C39H36Cl2N2O8S/c1-47-35-16-9-24(20-36(35)48-2)19-33-29-23-38(50-4)37(49-3)21-25(29)17-18-43(33)39(44)30-22-26(40)10-15-32(30)42-52(45,46)28-13-11-27(12-14-28)51-34-8-6-5-7-31(34)41/h5-16,20-23,33,42H,17-19H2,1-4H3/t33-/m0/s1. The van der Waals surface area contributed by atoms with Gasteiger partial charge in [0.1, 0.15) is 11.5 Å². The van der Waals surface area contributed by atoms with Crippen molar-refractivity contribution in [3.05, 3.63) is 129 Å². The molecular weight excluding hydrogens is 727 g/mol. The molecule has 13 heteroatoms. The number of halogens is 2. The highest BCUT2D eigenvalue weighted by Crippen LogP contribution is 2.42. The van der Waals surface area contributed by atoms with Crippen molar-refractivity contribution in [3.63, 3.8) is 0 Å². The van der Waals surface area contributed by atoms with Crippen molar-refractivity contribution in [2.24, 2.45) is 0 Å². The average molecular weight is 764 g/mol. The number of carbonyl (C=O) groups is 1. The van der Waals surface area contributed by atoms with Crippen LogP contribution in [0.5, 0.6) is 34.5 Å². The summed E-state index contributed by atoms with van der Waals surface area (Å²) in [6, 6.07) is 26.3. The van der Waals surface area contributed by atoms with E-state index >= 15 is 0 Å². The Balaban J connectivity index is 1.34. The maximum atomic E-state index is 14.7. The smallest absolute Gasteiger partial charge is 0.261 e. The Labute approximate surface area is 312 Å². The maximum Gasteiger partial charge on any atom is 0.261 e. The van der Waals surface area contributed by atoms with E-state index in [0.717, 1.165) is 16.7 Å². The fourth-order valence-corrected chi connectivity index (χ4v) is 7.63. The number of nitrogens with one attached hydrogen (secondary N) is 1. The molecule has 270 valence electrons. The number of hydrogen-bond acceptors (Lipinski definition) is 8. The van der Waals surface area contributed by atoms with Gasteiger partial charge in [-0.2, -0.15) is 0 Å². The molecule has 1 atom stereocenters. The summed E-state index contributed by atoms with van der Waals surface area (Å²) in [5, 5.41) is 0.690. The van der Waals surface area contributed by atoms with E-state index in [-0.39, 0.29) is 21.2 Å². The molecule has 52 heavy (non-hydrogen) atoms. The Morgan fingerprint density at radius 2 is 1.44 bits per heavy atom. The van der Waals surface area contributed by atoms with Gasteiger partial charge in [-0.15, -0.1) is 0 Å². The summed E-state index contributed by atoms with van der Waals surface area (Å²) in [6.07, 6.45) is 0.924. The number of ether oxygens (including phenoxy) is 5. The second-order valence-electron chi connectivity index (χ2n) is 11.9. The Hall–Kier alpha value is -5.10. The lowest BCUT2D eigenvalue weighted by atomic mass is 9.87. The quantitative estimate of drug-likeness (QED) is 0.135. The van der Waals surface area contributed by atoms with Gasteiger partial charge in [0.2, 0.25) is 0 Å². The number of sulfonamides is 1. The molecular formula is C39H36Cl2N2O8S. The molecule has 0 radical (unpaired) electrons. The molecule has 0 aromatic heterocycles. The van der Waals surface area contributed by atoms with Gasteiger partial charge in [-0.1, -0.05) is 41.4 Å². The first kappa shape index (κ1) is 36.7. The number of anilines is 1. The molecule has 1 aliphatic heterocycles. The molecule has 1 heterocycles. The number of fused-ring (bicyclic) bond motifs is 1. The van der Waals surface area contributed by atoms with E-state index in [1.165, 1.54) is 42.5 Å². The van der Waals surface area contributed by atoms with Crippen LogP contribution in [-0.2, 0) is 22.9 Å². The van der Waals surface area contributed by atoms with E-state index in [9.17, 15) is 13.2 Å². The van der Waals surface area contributed by atoms with Crippen LogP contribution in [0.15, 0.2) is 102 Å².